The predicted octanol–water partition coefficient (Wildman–Crippen LogP) is 3.82. The van der Waals surface area contributed by atoms with E-state index in [0.29, 0.717) is 17.8 Å². The molecule has 8 nitrogen and oxygen atoms in total. The van der Waals surface area contributed by atoms with E-state index in [4.69, 9.17) is 9.84 Å². The van der Waals surface area contributed by atoms with E-state index in [0.717, 1.165) is 22.3 Å². The molecule has 1 aliphatic rings. The van der Waals surface area contributed by atoms with Crippen LogP contribution in [0.15, 0.2) is 53.9 Å². The highest BCUT2D eigenvalue weighted by molar-refractivity contribution is 7.09. The third kappa shape index (κ3) is 5.09. The van der Waals surface area contributed by atoms with Crippen molar-refractivity contribution in [3.8, 4) is 11.1 Å². The molecule has 1 atom stereocenters. The molecule has 9 heteroatoms. The summed E-state index contributed by atoms with van der Waals surface area (Å²) < 4.78 is 5.53. The van der Waals surface area contributed by atoms with Crippen LogP contribution >= 0.6 is 11.3 Å². The van der Waals surface area contributed by atoms with E-state index in [1.54, 1.807) is 6.92 Å². The maximum absolute atomic E-state index is 12.5. The predicted molar refractivity (Wildman–Crippen MR) is 128 cm³/mol. The molecule has 0 bridgehead atoms. The van der Waals surface area contributed by atoms with Crippen LogP contribution in [0.3, 0.4) is 0 Å². The van der Waals surface area contributed by atoms with Crippen molar-refractivity contribution in [3.05, 3.63) is 75.7 Å². The van der Waals surface area contributed by atoms with E-state index in [2.05, 4.69) is 27.8 Å². The highest BCUT2D eigenvalue weighted by Gasteiger charge is 2.29. The molecule has 176 valence electrons. The summed E-state index contributed by atoms with van der Waals surface area (Å²) in [4.78, 5) is 39.9. The molecule has 0 saturated carbocycles. The van der Waals surface area contributed by atoms with E-state index in [-0.39, 0.29) is 30.7 Å². The fourth-order valence-electron chi connectivity index (χ4n) is 4.08. The minimum atomic E-state index is -1.08. The molecule has 0 fully saturated rings. The Hall–Kier alpha value is -3.72. The summed E-state index contributed by atoms with van der Waals surface area (Å²) in [5.41, 5.74) is 4.53. The summed E-state index contributed by atoms with van der Waals surface area (Å²) in [5, 5.41) is 16.4. The number of ether oxygens (including phenoxy) is 1. The number of benzene rings is 2. The van der Waals surface area contributed by atoms with Gasteiger partial charge in [-0.3, -0.25) is 4.79 Å². The highest BCUT2D eigenvalue weighted by atomic mass is 32.1. The lowest BCUT2D eigenvalue weighted by atomic mass is 9.98. The van der Waals surface area contributed by atoms with E-state index in [1.165, 1.54) is 16.7 Å². The van der Waals surface area contributed by atoms with Crippen LogP contribution in [0.5, 0.6) is 0 Å². The van der Waals surface area contributed by atoms with E-state index in [1.807, 2.05) is 36.4 Å². The van der Waals surface area contributed by atoms with Crippen molar-refractivity contribution in [2.24, 2.45) is 0 Å². The van der Waals surface area contributed by atoms with Crippen molar-refractivity contribution in [2.45, 2.75) is 31.7 Å². The van der Waals surface area contributed by atoms with Crippen LogP contribution in [-0.4, -0.2) is 47.3 Å². The van der Waals surface area contributed by atoms with Crippen molar-refractivity contribution in [3.63, 3.8) is 0 Å². The van der Waals surface area contributed by atoms with Gasteiger partial charge >= 0.3 is 12.1 Å². The number of hydrogen-bond donors (Lipinski definition) is 3. The Morgan fingerprint density at radius 2 is 1.74 bits per heavy atom. The van der Waals surface area contributed by atoms with Crippen LogP contribution in [0.1, 0.15) is 45.9 Å². The minimum Gasteiger partial charge on any atom is -0.476 e. The number of aromatic carboxylic acids is 1. The summed E-state index contributed by atoms with van der Waals surface area (Å²) in [7, 11) is 0. The molecule has 0 radical (unpaired) electrons. The van der Waals surface area contributed by atoms with Crippen LogP contribution in [0, 0.1) is 0 Å². The SMILES string of the molecule is CC[C@H](NC(=O)OCC1c2ccccc2-c2ccccc21)C(=O)NCCc1nc(C(=O)O)cs1. The van der Waals surface area contributed by atoms with E-state index < -0.39 is 18.1 Å². The third-order valence-electron chi connectivity index (χ3n) is 5.77. The summed E-state index contributed by atoms with van der Waals surface area (Å²) in [6.45, 7) is 2.26. The molecule has 0 aliphatic heterocycles. The zero-order valence-corrected chi connectivity index (χ0v) is 19.4. The fraction of sp³-hybridized carbons (Fsp3) is 0.280. The van der Waals surface area contributed by atoms with Gasteiger partial charge in [0.2, 0.25) is 5.91 Å². The first-order valence-corrected chi connectivity index (χ1v) is 11.9. The lowest BCUT2D eigenvalue weighted by Crippen LogP contribution is -2.47. The van der Waals surface area contributed by atoms with Crippen molar-refractivity contribution >= 4 is 29.3 Å². The Balaban J connectivity index is 1.28. The largest absolute Gasteiger partial charge is 0.476 e. The number of nitrogens with zero attached hydrogens (tertiary/aromatic N) is 1. The van der Waals surface area contributed by atoms with Gasteiger partial charge < -0.3 is 20.5 Å². The first-order valence-electron chi connectivity index (χ1n) is 11.0. The topological polar surface area (TPSA) is 118 Å². The van der Waals surface area contributed by atoms with Crippen molar-refractivity contribution in [2.75, 3.05) is 13.2 Å². The molecule has 3 N–H and O–H groups in total. The maximum atomic E-state index is 12.5. The summed E-state index contributed by atoms with van der Waals surface area (Å²) in [6.07, 6.45) is 0.163. The normalized spacial score (nSPS) is 13.0. The van der Waals surface area contributed by atoms with Crippen molar-refractivity contribution < 1.29 is 24.2 Å². The molecule has 1 heterocycles. The maximum Gasteiger partial charge on any atom is 0.407 e. The molecule has 34 heavy (non-hydrogen) atoms. The number of nitrogens with one attached hydrogen (secondary N) is 2. The van der Waals surface area contributed by atoms with Gasteiger partial charge in [-0.1, -0.05) is 55.5 Å². The molecular weight excluding hydrogens is 454 g/mol. The van der Waals surface area contributed by atoms with Gasteiger partial charge in [-0.15, -0.1) is 11.3 Å². The average Bonchev–Trinajstić information content (AvgIpc) is 3.44. The van der Waals surface area contributed by atoms with E-state index >= 15 is 0 Å². The second-order valence-corrected chi connectivity index (χ2v) is 8.85. The number of hydrogen-bond acceptors (Lipinski definition) is 6. The lowest BCUT2D eigenvalue weighted by molar-refractivity contribution is -0.123. The molecule has 0 saturated heterocycles. The number of aromatic nitrogens is 1. The number of fused-ring (bicyclic) bond motifs is 3. The number of thiazole rings is 1. The van der Waals surface area contributed by atoms with Gasteiger partial charge in [0.25, 0.3) is 0 Å². The smallest absolute Gasteiger partial charge is 0.407 e. The summed E-state index contributed by atoms with van der Waals surface area (Å²) in [5.74, 6) is -1.46. The molecule has 1 aromatic heterocycles. The first kappa shape index (κ1) is 23.4. The molecule has 3 aromatic rings. The molecule has 2 amide bonds. The summed E-state index contributed by atoms with van der Waals surface area (Å²) in [6, 6.07) is 15.4. The van der Waals surface area contributed by atoms with Crippen molar-refractivity contribution in [1.82, 2.24) is 15.6 Å². The molecule has 4 rings (SSSR count). The number of alkyl carbamates (subject to hydrolysis) is 1. The van der Waals surface area contributed by atoms with Gasteiger partial charge in [0, 0.05) is 24.3 Å². The molecule has 0 unspecified atom stereocenters. The molecule has 2 aromatic carbocycles. The minimum absolute atomic E-state index is 0.00492. The first-order chi connectivity index (χ1) is 16.5. The van der Waals surface area contributed by atoms with Crippen LogP contribution < -0.4 is 10.6 Å². The van der Waals surface area contributed by atoms with Gasteiger partial charge in [-0.2, -0.15) is 0 Å². The molecular formula is C25H25N3O5S. The Labute approximate surface area is 201 Å². The third-order valence-corrected chi connectivity index (χ3v) is 6.68. The lowest BCUT2D eigenvalue weighted by Gasteiger charge is -2.18. The second-order valence-electron chi connectivity index (χ2n) is 7.90. The molecule has 1 aliphatic carbocycles. The quantitative estimate of drug-likeness (QED) is 0.430. The Morgan fingerprint density at radius 3 is 2.32 bits per heavy atom. The molecule has 0 spiro atoms. The van der Waals surface area contributed by atoms with E-state index in [9.17, 15) is 14.4 Å². The van der Waals surface area contributed by atoms with Gasteiger partial charge in [0.15, 0.2) is 5.69 Å². The number of amides is 2. The van der Waals surface area contributed by atoms with Crippen LogP contribution in [0.2, 0.25) is 0 Å². The number of carbonyl (C=O) groups excluding carboxylic acids is 2. The number of carboxylic acid groups (broad SMARTS) is 1. The van der Waals surface area contributed by atoms with Gasteiger partial charge in [-0.05, 0) is 28.7 Å². The highest BCUT2D eigenvalue weighted by Crippen LogP contribution is 2.44. The number of rotatable bonds is 9. The zero-order chi connectivity index (χ0) is 24.1. The monoisotopic (exact) mass is 479 g/mol. The Bertz CT molecular complexity index is 1160. The van der Waals surface area contributed by atoms with Gasteiger partial charge in [0.1, 0.15) is 12.6 Å². The van der Waals surface area contributed by atoms with Crippen LogP contribution in [-0.2, 0) is 16.0 Å². The Kier molecular flexibility index (Phi) is 7.22. The van der Waals surface area contributed by atoms with Gasteiger partial charge in [0.05, 0.1) is 5.01 Å². The Morgan fingerprint density at radius 1 is 1.09 bits per heavy atom. The van der Waals surface area contributed by atoms with Crippen LogP contribution in [0.4, 0.5) is 4.79 Å². The van der Waals surface area contributed by atoms with Crippen LogP contribution in [0.25, 0.3) is 11.1 Å². The number of carboxylic acids is 1. The average molecular weight is 480 g/mol. The van der Waals surface area contributed by atoms with Gasteiger partial charge in [-0.25, -0.2) is 14.6 Å². The zero-order valence-electron chi connectivity index (χ0n) is 18.6. The summed E-state index contributed by atoms with van der Waals surface area (Å²) >= 11 is 1.23. The fourth-order valence-corrected chi connectivity index (χ4v) is 4.85. The second kappa shape index (κ2) is 10.5. The standard InChI is InChI=1S/C25H25N3O5S/c1-2-20(23(29)26-12-11-22-27-21(14-34-22)24(30)31)28-25(32)33-13-19-17-9-5-3-7-15(17)16-8-4-6-10-18(16)19/h3-10,14,19-20H,2,11-13H2,1H3,(H,26,29)(H,28,32)(H,30,31)/t20-/m0/s1. The van der Waals surface area contributed by atoms with Crippen molar-refractivity contribution in [1.29, 1.82) is 0 Å². The number of carbonyl (C=O) groups is 3.